The maximum atomic E-state index is 9.99. The summed E-state index contributed by atoms with van der Waals surface area (Å²) in [5.74, 6) is 0. The van der Waals surface area contributed by atoms with Crippen LogP contribution in [0.1, 0.15) is 74.1 Å². The van der Waals surface area contributed by atoms with E-state index in [1.54, 1.807) is 0 Å². The average Bonchev–Trinajstić information content (AvgIpc) is 2.51. The van der Waals surface area contributed by atoms with Crippen molar-refractivity contribution in [3.05, 3.63) is 33.7 Å². The van der Waals surface area contributed by atoms with E-state index in [1.165, 1.54) is 11.1 Å². The largest absolute Gasteiger partial charge is 0.411 e. The van der Waals surface area contributed by atoms with Crippen molar-refractivity contribution in [2.75, 3.05) is 6.61 Å². The number of azide groups is 1. The molecule has 0 saturated heterocycles. The quantitative estimate of drug-likeness (QED) is 0.136. The van der Waals surface area contributed by atoms with Crippen molar-refractivity contribution in [1.29, 1.82) is 0 Å². The first-order chi connectivity index (χ1) is 12.3. The van der Waals surface area contributed by atoms with Crippen LogP contribution in [0.15, 0.2) is 28.4 Å². The minimum Gasteiger partial charge on any atom is -0.411 e. The number of allylic oxidation sites excluding steroid dienone is 4. The molecule has 0 rings (SSSR count). The van der Waals surface area contributed by atoms with Crippen LogP contribution in [0.5, 0.6) is 0 Å². The van der Waals surface area contributed by atoms with Gasteiger partial charge < -0.3 is 9.53 Å². The van der Waals surface area contributed by atoms with Gasteiger partial charge in [-0.05, 0) is 70.1 Å². The van der Waals surface area contributed by atoms with Gasteiger partial charge in [-0.25, -0.2) is 0 Å². The summed E-state index contributed by atoms with van der Waals surface area (Å²) in [7, 11) is -2.08. The summed E-state index contributed by atoms with van der Waals surface area (Å²) in [6, 6.07) is 0. The number of rotatable bonds is 11. The predicted molar refractivity (Wildman–Crippen MR) is 118 cm³/mol. The first kappa shape index (κ1) is 25.9. The maximum absolute atomic E-state index is 9.99. The molecule has 5 nitrogen and oxygen atoms in total. The van der Waals surface area contributed by atoms with Crippen molar-refractivity contribution in [2.45, 2.75) is 104 Å². The van der Waals surface area contributed by atoms with Crippen LogP contribution in [-0.4, -0.2) is 31.7 Å². The highest BCUT2D eigenvalue weighted by Crippen LogP contribution is 2.39. The molecule has 0 heterocycles. The van der Waals surface area contributed by atoms with Gasteiger partial charge in [-0.1, -0.05) is 56.1 Å². The molecule has 0 saturated carbocycles. The van der Waals surface area contributed by atoms with Crippen molar-refractivity contribution in [2.24, 2.45) is 5.11 Å². The molecule has 27 heavy (non-hydrogen) atoms. The third-order valence-electron chi connectivity index (χ3n) is 5.61. The summed E-state index contributed by atoms with van der Waals surface area (Å²) in [4.78, 5) is 3.06. The smallest absolute Gasteiger partial charge is 0.192 e. The summed E-state index contributed by atoms with van der Waals surface area (Å²) in [6.45, 7) is 18.9. The summed E-state index contributed by atoms with van der Waals surface area (Å²) in [5, 5.41) is 14.1. The summed E-state index contributed by atoms with van der Waals surface area (Å²) in [5.41, 5.74) is 11.0. The number of aliphatic hydroxyl groups is 1. The SMILES string of the molecule is CC(C)=CCC/C(C)=C/CC[C@@](C)(N=[N+]=[N-])[C@H](CO)O[Si](C)(C)C(C)(C)C. The number of hydrogen-bond acceptors (Lipinski definition) is 3. The van der Waals surface area contributed by atoms with E-state index in [4.69, 9.17) is 9.96 Å². The van der Waals surface area contributed by atoms with Crippen LogP contribution in [0.2, 0.25) is 18.1 Å². The Hall–Kier alpha value is -1.07. The fraction of sp³-hybridized carbons (Fsp3) is 0.810. The Kier molecular flexibility index (Phi) is 10.6. The third kappa shape index (κ3) is 9.11. The second-order valence-corrected chi connectivity index (χ2v) is 14.3. The minimum atomic E-state index is -2.08. The molecule has 0 spiro atoms. The Bertz CT molecular complexity index is 568. The highest BCUT2D eigenvalue weighted by molar-refractivity contribution is 6.74. The zero-order valence-electron chi connectivity index (χ0n) is 19.0. The van der Waals surface area contributed by atoms with Crippen LogP contribution >= 0.6 is 0 Å². The zero-order chi connectivity index (χ0) is 21.3. The van der Waals surface area contributed by atoms with Gasteiger partial charge in [0.1, 0.15) is 0 Å². The molecule has 0 radical (unpaired) electrons. The first-order valence-electron chi connectivity index (χ1n) is 9.93. The molecule has 2 atom stereocenters. The van der Waals surface area contributed by atoms with Crippen LogP contribution in [0.25, 0.3) is 10.4 Å². The molecule has 156 valence electrons. The van der Waals surface area contributed by atoms with Crippen molar-refractivity contribution < 1.29 is 9.53 Å². The van der Waals surface area contributed by atoms with E-state index >= 15 is 0 Å². The highest BCUT2D eigenvalue weighted by Gasteiger charge is 2.43. The molecule has 0 aromatic heterocycles. The van der Waals surface area contributed by atoms with Crippen molar-refractivity contribution in [1.82, 2.24) is 0 Å². The molecule has 0 unspecified atom stereocenters. The van der Waals surface area contributed by atoms with Crippen LogP contribution in [0, 0.1) is 0 Å². The van der Waals surface area contributed by atoms with E-state index in [-0.39, 0.29) is 11.6 Å². The number of hydrogen-bond donors (Lipinski definition) is 1. The topological polar surface area (TPSA) is 78.2 Å². The highest BCUT2D eigenvalue weighted by atomic mass is 28.4. The van der Waals surface area contributed by atoms with Crippen molar-refractivity contribution >= 4 is 8.32 Å². The van der Waals surface area contributed by atoms with E-state index in [2.05, 4.69) is 76.8 Å². The lowest BCUT2D eigenvalue weighted by Crippen LogP contribution is -2.52. The maximum Gasteiger partial charge on any atom is 0.192 e. The molecule has 0 aliphatic carbocycles. The second kappa shape index (κ2) is 11.1. The van der Waals surface area contributed by atoms with Crippen LogP contribution in [0.3, 0.4) is 0 Å². The lowest BCUT2D eigenvalue weighted by molar-refractivity contribution is 0.0436. The van der Waals surface area contributed by atoms with Gasteiger partial charge in [-0.2, -0.15) is 0 Å². The van der Waals surface area contributed by atoms with E-state index in [0.29, 0.717) is 6.42 Å². The summed E-state index contributed by atoms with van der Waals surface area (Å²) in [6.07, 6.45) is 7.50. The molecule has 0 aliphatic rings. The first-order valence-corrected chi connectivity index (χ1v) is 12.8. The standard InChI is InChI=1S/C21H41N3O2Si/c1-17(2)12-10-13-18(3)14-11-15-21(7,23-24-22)19(16-25)26-27(8,9)20(4,5)6/h12,14,19,25H,10-11,13,15-16H2,1-9H3/b18-14+/t19-,21+/m0/s1. The van der Waals surface area contributed by atoms with Crippen LogP contribution < -0.4 is 0 Å². The minimum absolute atomic E-state index is 0.0269. The van der Waals surface area contributed by atoms with Crippen molar-refractivity contribution in [3.63, 3.8) is 0 Å². The third-order valence-corrected chi connectivity index (χ3v) is 10.1. The van der Waals surface area contributed by atoms with E-state index in [9.17, 15) is 5.11 Å². The summed E-state index contributed by atoms with van der Waals surface area (Å²) < 4.78 is 6.41. The zero-order valence-corrected chi connectivity index (χ0v) is 20.0. The van der Waals surface area contributed by atoms with Crippen LogP contribution in [-0.2, 0) is 4.43 Å². The average molecular weight is 396 g/mol. The lowest BCUT2D eigenvalue weighted by Gasteiger charge is -2.43. The van der Waals surface area contributed by atoms with Crippen molar-refractivity contribution in [3.8, 4) is 0 Å². The predicted octanol–water partition coefficient (Wildman–Crippen LogP) is 6.91. The molecule has 1 N–H and O–H groups in total. The Morgan fingerprint density at radius 3 is 2.19 bits per heavy atom. The molecule has 0 aliphatic heterocycles. The van der Waals surface area contributed by atoms with Gasteiger partial charge in [0.15, 0.2) is 8.32 Å². The number of nitrogens with zero attached hydrogens (tertiary/aromatic N) is 3. The normalized spacial score (nSPS) is 16.3. The Morgan fingerprint density at radius 1 is 1.15 bits per heavy atom. The Balaban J connectivity index is 5.18. The Morgan fingerprint density at radius 2 is 1.74 bits per heavy atom. The molecule has 0 bridgehead atoms. The van der Waals surface area contributed by atoms with E-state index < -0.39 is 20.0 Å². The molecule has 0 aromatic rings. The van der Waals surface area contributed by atoms with Gasteiger partial charge in [0.05, 0.1) is 18.2 Å². The lowest BCUT2D eigenvalue weighted by atomic mass is 9.90. The fourth-order valence-electron chi connectivity index (χ4n) is 2.57. The van der Waals surface area contributed by atoms with Gasteiger partial charge in [0.25, 0.3) is 0 Å². The second-order valence-electron chi connectivity index (χ2n) is 9.51. The van der Waals surface area contributed by atoms with Gasteiger partial charge in [-0.15, -0.1) is 0 Å². The van der Waals surface area contributed by atoms with Gasteiger partial charge in [0, 0.05) is 4.91 Å². The molecule has 6 heteroatoms. The van der Waals surface area contributed by atoms with E-state index in [0.717, 1.165) is 19.3 Å². The summed E-state index contributed by atoms with van der Waals surface area (Å²) >= 11 is 0. The van der Waals surface area contributed by atoms with Gasteiger partial charge in [0.2, 0.25) is 0 Å². The van der Waals surface area contributed by atoms with Gasteiger partial charge in [-0.3, -0.25) is 0 Å². The molecular formula is C21H41N3O2Si. The number of aliphatic hydroxyl groups excluding tert-OH is 1. The Labute approximate surface area is 167 Å². The fourth-order valence-corrected chi connectivity index (χ4v) is 3.97. The van der Waals surface area contributed by atoms with Crippen LogP contribution in [0.4, 0.5) is 0 Å². The molecule has 0 fully saturated rings. The monoisotopic (exact) mass is 395 g/mol. The van der Waals surface area contributed by atoms with Gasteiger partial charge >= 0.3 is 0 Å². The molecular weight excluding hydrogens is 354 g/mol. The molecule has 0 amide bonds. The molecule has 0 aromatic carbocycles. The van der Waals surface area contributed by atoms with E-state index in [1.807, 2.05) is 6.92 Å².